The van der Waals surface area contributed by atoms with Gasteiger partial charge in [-0.25, -0.2) is 0 Å². The smallest absolute Gasteiger partial charge is 0.270 e. The molecule has 0 N–H and O–H groups in total. The predicted molar refractivity (Wildman–Crippen MR) is 130 cm³/mol. The zero-order chi connectivity index (χ0) is 21.7. The molecule has 0 unspecified atom stereocenters. The van der Waals surface area contributed by atoms with E-state index in [1.54, 1.807) is 24.3 Å². The SMILES string of the molecule is CCCCOc1ccc(/C=C2/SC(=S)N(c3ccc(Cl)c(Cl)c3)C2=O)cc1OCC. The molecule has 0 bridgehead atoms. The number of benzene rings is 2. The average molecular weight is 482 g/mol. The quantitative estimate of drug-likeness (QED) is 0.231. The minimum absolute atomic E-state index is 0.204. The molecular formula is C22H21Cl2NO3S2. The summed E-state index contributed by atoms with van der Waals surface area (Å²) in [7, 11) is 0. The lowest BCUT2D eigenvalue weighted by atomic mass is 10.1. The maximum atomic E-state index is 13.0. The first-order valence-corrected chi connectivity index (χ1v) is 11.5. The maximum Gasteiger partial charge on any atom is 0.270 e. The summed E-state index contributed by atoms with van der Waals surface area (Å²) in [6, 6.07) is 10.6. The molecule has 2 aromatic carbocycles. The van der Waals surface area contributed by atoms with Gasteiger partial charge in [-0.3, -0.25) is 9.69 Å². The highest BCUT2D eigenvalue weighted by Gasteiger charge is 2.33. The van der Waals surface area contributed by atoms with Gasteiger partial charge in [-0.2, -0.15) is 0 Å². The van der Waals surface area contributed by atoms with Gasteiger partial charge in [0.1, 0.15) is 0 Å². The van der Waals surface area contributed by atoms with Gasteiger partial charge in [-0.15, -0.1) is 0 Å². The highest BCUT2D eigenvalue weighted by atomic mass is 35.5. The standard InChI is InChI=1S/C22H21Cl2NO3S2/c1-3-5-10-28-18-9-6-14(11-19(18)27-4-2)12-20-21(26)25(22(29)30-20)15-7-8-16(23)17(24)13-15/h6-9,11-13H,3-5,10H2,1-2H3/b20-12+. The van der Waals surface area contributed by atoms with Crippen molar-refractivity contribution in [3.05, 3.63) is 56.9 Å². The largest absolute Gasteiger partial charge is 0.490 e. The van der Waals surface area contributed by atoms with E-state index >= 15 is 0 Å². The van der Waals surface area contributed by atoms with Gasteiger partial charge >= 0.3 is 0 Å². The monoisotopic (exact) mass is 481 g/mol. The average Bonchev–Trinajstić information content (AvgIpc) is 2.99. The fourth-order valence-electron chi connectivity index (χ4n) is 2.79. The third-order valence-corrected chi connectivity index (χ3v) is 6.32. The number of ether oxygens (including phenoxy) is 2. The molecule has 1 aliphatic rings. The highest BCUT2D eigenvalue weighted by Crippen LogP contribution is 2.38. The number of carbonyl (C=O) groups excluding carboxylic acids is 1. The Labute approximate surface area is 196 Å². The number of hydrogen-bond acceptors (Lipinski definition) is 5. The summed E-state index contributed by atoms with van der Waals surface area (Å²) in [6.07, 6.45) is 3.84. The van der Waals surface area contributed by atoms with Crippen molar-refractivity contribution >= 4 is 69.2 Å². The molecule has 0 radical (unpaired) electrons. The van der Waals surface area contributed by atoms with Crippen molar-refractivity contribution in [2.75, 3.05) is 18.1 Å². The van der Waals surface area contributed by atoms with E-state index in [1.807, 2.05) is 25.1 Å². The van der Waals surface area contributed by atoms with Crippen molar-refractivity contribution in [2.24, 2.45) is 0 Å². The number of thiocarbonyl (C=S) groups is 1. The van der Waals surface area contributed by atoms with Crippen molar-refractivity contribution in [2.45, 2.75) is 26.7 Å². The van der Waals surface area contributed by atoms with Crippen LogP contribution < -0.4 is 14.4 Å². The molecule has 1 fully saturated rings. The Kier molecular flexibility index (Phi) is 8.06. The topological polar surface area (TPSA) is 38.8 Å². The van der Waals surface area contributed by atoms with Crippen molar-refractivity contribution in [3.8, 4) is 11.5 Å². The van der Waals surface area contributed by atoms with E-state index in [9.17, 15) is 4.79 Å². The number of nitrogens with zero attached hydrogens (tertiary/aromatic N) is 1. The van der Waals surface area contributed by atoms with Gasteiger partial charge in [0.25, 0.3) is 5.91 Å². The second kappa shape index (κ2) is 10.5. The number of anilines is 1. The van der Waals surface area contributed by atoms with Gasteiger partial charge in [0.05, 0.1) is 33.9 Å². The normalized spacial score (nSPS) is 15.2. The Morgan fingerprint density at radius 1 is 1.07 bits per heavy atom. The summed E-state index contributed by atoms with van der Waals surface area (Å²) >= 11 is 18.7. The van der Waals surface area contributed by atoms with Crippen LogP contribution in [0.1, 0.15) is 32.3 Å². The van der Waals surface area contributed by atoms with Crippen LogP contribution in [0.25, 0.3) is 6.08 Å². The summed E-state index contributed by atoms with van der Waals surface area (Å²) in [5, 5.41) is 0.790. The minimum Gasteiger partial charge on any atom is -0.490 e. The second-order valence-corrected chi connectivity index (χ2v) is 8.95. The molecule has 0 atom stereocenters. The molecular weight excluding hydrogens is 461 g/mol. The van der Waals surface area contributed by atoms with Crippen LogP contribution in [0.3, 0.4) is 0 Å². The first-order chi connectivity index (χ1) is 14.4. The van der Waals surface area contributed by atoms with E-state index in [1.165, 1.54) is 16.7 Å². The van der Waals surface area contributed by atoms with Crippen molar-refractivity contribution < 1.29 is 14.3 Å². The van der Waals surface area contributed by atoms with Gasteiger partial charge in [-0.05, 0) is 55.3 Å². The summed E-state index contributed by atoms with van der Waals surface area (Å²) in [5.41, 5.74) is 1.42. The second-order valence-electron chi connectivity index (χ2n) is 6.46. The van der Waals surface area contributed by atoms with Crippen LogP contribution in [0.4, 0.5) is 5.69 Å². The van der Waals surface area contributed by atoms with Crippen molar-refractivity contribution in [1.82, 2.24) is 0 Å². The summed E-state index contributed by atoms with van der Waals surface area (Å²) < 4.78 is 12.0. The van der Waals surface area contributed by atoms with Crippen molar-refractivity contribution in [1.29, 1.82) is 0 Å². The van der Waals surface area contributed by atoms with Gasteiger partial charge in [-0.1, -0.05) is 66.6 Å². The van der Waals surface area contributed by atoms with E-state index in [-0.39, 0.29) is 5.91 Å². The third-order valence-electron chi connectivity index (χ3n) is 4.28. The van der Waals surface area contributed by atoms with E-state index in [0.717, 1.165) is 18.4 Å². The molecule has 0 aromatic heterocycles. The van der Waals surface area contributed by atoms with Crippen LogP contribution in [0.15, 0.2) is 41.3 Å². The molecule has 1 heterocycles. The fraction of sp³-hybridized carbons (Fsp3) is 0.273. The number of hydrogen-bond donors (Lipinski definition) is 0. The van der Waals surface area contributed by atoms with Gasteiger partial charge in [0, 0.05) is 0 Å². The number of carbonyl (C=O) groups is 1. The third kappa shape index (κ3) is 5.30. The molecule has 1 amide bonds. The lowest BCUT2D eigenvalue weighted by molar-refractivity contribution is -0.113. The summed E-state index contributed by atoms with van der Waals surface area (Å²) in [4.78, 5) is 15.0. The molecule has 0 saturated carbocycles. The number of unbranched alkanes of at least 4 members (excludes halogenated alkanes) is 1. The number of halogens is 2. The molecule has 3 rings (SSSR count). The molecule has 30 heavy (non-hydrogen) atoms. The van der Waals surface area contributed by atoms with E-state index in [4.69, 9.17) is 44.9 Å². The zero-order valence-corrected chi connectivity index (χ0v) is 19.8. The van der Waals surface area contributed by atoms with E-state index in [0.29, 0.717) is 49.7 Å². The Morgan fingerprint density at radius 3 is 2.57 bits per heavy atom. The Morgan fingerprint density at radius 2 is 1.87 bits per heavy atom. The summed E-state index contributed by atoms with van der Waals surface area (Å²) in [6.45, 7) is 5.19. The highest BCUT2D eigenvalue weighted by molar-refractivity contribution is 8.27. The number of amides is 1. The Balaban J connectivity index is 1.85. The first kappa shape index (κ1) is 22.9. The Hall–Kier alpha value is -1.73. The molecule has 1 saturated heterocycles. The lowest BCUT2D eigenvalue weighted by Crippen LogP contribution is -2.27. The minimum atomic E-state index is -0.204. The maximum absolute atomic E-state index is 13.0. The van der Waals surface area contributed by atoms with Gasteiger partial charge in [0.2, 0.25) is 0 Å². The number of thioether (sulfide) groups is 1. The molecule has 1 aliphatic heterocycles. The molecule has 8 heteroatoms. The molecule has 158 valence electrons. The van der Waals surface area contributed by atoms with Crippen LogP contribution in [-0.4, -0.2) is 23.4 Å². The summed E-state index contributed by atoms with van der Waals surface area (Å²) in [5.74, 6) is 1.15. The first-order valence-electron chi connectivity index (χ1n) is 9.57. The molecule has 2 aromatic rings. The van der Waals surface area contributed by atoms with Crippen molar-refractivity contribution in [3.63, 3.8) is 0 Å². The number of rotatable bonds is 8. The fourth-order valence-corrected chi connectivity index (χ4v) is 4.39. The molecule has 4 nitrogen and oxygen atoms in total. The lowest BCUT2D eigenvalue weighted by Gasteiger charge is -2.15. The Bertz CT molecular complexity index is 994. The van der Waals surface area contributed by atoms with Gasteiger partial charge < -0.3 is 9.47 Å². The van der Waals surface area contributed by atoms with Crippen LogP contribution >= 0.6 is 47.2 Å². The predicted octanol–water partition coefficient (Wildman–Crippen LogP) is 6.98. The van der Waals surface area contributed by atoms with E-state index < -0.39 is 0 Å². The zero-order valence-electron chi connectivity index (χ0n) is 16.6. The van der Waals surface area contributed by atoms with Crippen LogP contribution in [0, 0.1) is 0 Å². The van der Waals surface area contributed by atoms with Crippen LogP contribution in [0.5, 0.6) is 11.5 Å². The van der Waals surface area contributed by atoms with E-state index in [2.05, 4.69) is 6.92 Å². The van der Waals surface area contributed by atoms with Gasteiger partial charge in [0.15, 0.2) is 15.8 Å². The van der Waals surface area contributed by atoms with Crippen LogP contribution in [0.2, 0.25) is 10.0 Å². The van der Waals surface area contributed by atoms with Crippen LogP contribution in [-0.2, 0) is 4.79 Å². The molecule has 0 spiro atoms. The molecule has 0 aliphatic carbocycles.